The van der Waals surface area contributed by atoms with Gasteiger partial charge in [0, 0.05) is 18.3 Å². The van der Waals surface area contributed by atoms with Crippen molar-refractivity contribution in [3.05, 3.63) is 84.0 Å². The molecule has 160 valence electrons. The van der Waals surface area contributed by atoms with Crippen LogP contribution in [0, 0.1) is 12.3 Å². The van der Waals surface area contributed by atoms with Crippen molar-refractivity contribution < 1.29 is 4.42 Å². The summed E-state index contributed by atoms with van der Waals surface area (Å²) in [7, 11) is 2.01. The van der Waals surface area contributed by atoms with Gasteiger partial charge in [-0.1, -0.05) is 0 Å². The lowest BCUT2D eigenvalue weighted by Crippen LogP contribution is -2.11. The second-order valence-corrected chi connectivity index (χ2v) is 7.66. The predicted octanol–water partition coefficient (Wildman–Crippen LogP) is 4.22. The Kier molecular flexibility index (Phi) is 4.74. The molecule has 0 spiro atoms. The molecule has 2 aromatic carbocycles. The topological polar surface area (TPSA) is 111 Å². The van der Waals surface area contributed by atoms with Crippen LogP contribution in [0.15, 0.2) is 71.3 Å². The van der Waals surface area contributed by atoms with Crippen molar-refractivity contribution in [1.29, 1.82) is 5.41 Å². The van der Waals surface area contributed by atoms with Crippen molar-refractivity contribution in [1.82, 2.24) is 19.3 Å². The summed E-state index contributed by atoms with van der Waals surface area (Å²) in [5, 5.41) is 15.5. The summed E-state index contributed by atoms with van der Waals surface area (Å²) in [6.45, 7) is 2.54. The van der Waals surface area contributed by atoms with Gasteiger partial charge in [0.15, 0.2) is 5.76 Å². The van der Waals surface area contributed by atoms with E-state index in [1.54, 1.807) is 6.26 Å². The molecule has 0 aliphatic carbocycles. The van der Waals surface area contributed by atoms with Crippen LogP contribution in [0.1, 0.15) is 17.1 Å². The Bertz CT molecular complexity index is 1410. The van der Waals surface area contributed by atoms with Gasteiger partial charge in [0.2, 0.25) is 0 Å². The van der Waals surface area contributed by atoms with Crippen molar-refractivity contribution in [2.24, 2.45) is 12.8 Å². The number of hydrogen-bond acceptors (Lipinski definition) is 5. The van der Waals surface area contributed by atoms with E-state index in [2.05, 4.69) is 21.0 Å². The van der Waals surface area contributed by atoms with Crippen LogP contribution in [0.25, 0.3) is 28.2 Å². The summed E-state index contributed by atoms with van der Waals surface area (Å²) in [5.74, 6) is 1.74. The maximum Gasteiger partial charge on any atom is 0.152 e. The number of benzene rings is 2. The second kappa shape index (κ2) is 7.73. The Morgan fingerprint density at radius 2 is 1.94 bits per heavy atom. The molecule has 0 saturated carbocycles. The number of aryl methyl sites for hydroxylation is 2. The van der Waals surface area contributed by atoms with Gasteiger partial charge >= 0.3 is 0 Å². The first-order chi connectivity index (χ1) is 15.5. The maximum absolute atomic E-state index is 7.50. The van der Waals surface area contributed by atoms with Gasteiger partial charge in [-0.05, 0) is 67.6 Å². The first-order valence-corrected chi connectivity index (χ1v) is 10.2. The van der Waals surface area contributed by atoms with E-state index in [0.29, 0.717) is 12.1 Å². The van der Waals surface area contributed by atoms with Gasteiger partial charge in [0.1, 0.15) is 17.4 Å². The lowest BCUT2D eigenvalue weighted by Gasteiger charge is -2.07. The molecule has 8 heteroatoms. The van der Waals surface area contributed by atoms with Gasteiger partial charge in [-0.3, -0.25) is 5.41 Å². The van der Waals surface area contributed by atoms with Crippen LogP contribution < -0.4 is 11.1 Å². The molecule has 0 unspecified atom stereocenters. The highest BCUT2D eigenvalue weighted by Crippen LogP contribution is 2.26. The zero-order chi connectivity index (χ0) is 22.2. The van der Waals surface area contributed by atoms with Crippen LogP contribution in [0.4, 0.5) is 5.69 Å². The van der Waals surface area contributed by atoms with E-state index in [1.165, 1.54) is 0 Å². The number of imidazole rings is 1. The summed E-state index contributed by atoms with van der Waals surface area (Å²) in [6, 6.07) is 19.4. The Morgan fingerprint density at radius 1 is 1.12 bits per heavy atom. The van der Waals surface area contributed by atoms with Gasteiger partial charge in [-0.15, -0.1) is 0 Å². The molecule has 5 rings (SSSR count). The first kappa shape index (κ1) is 19.6. The molecule has 0 fully saturated rings. The number of fused-ring (bicyclic) bond motifs is 1. The zero-order valence-electron chi connectivity index (χ0n) is 17.8. The number of nitrogens with one attached hydrogen (secondary N) is 2. The van der Waals surface area contributed by atoms with E-state index in [9.17, 15) is 0 Å². The second-order valence-electron chi connectivity index (χ2n) is 7.66. The minimum atomic E-state index is 0.0604. The fourth-order valence-electron chi connectivity index (χ4n) is 3.77. The smallest absolute Gasteiger partial charge is 0.152 e. The van der Waals surface area contributed by atoms with Crippen LogP contribution in [-0.2, 0) is 13.6 Å². The van der Waals surface area contributed by atoms with Crippen LogP contribution in [0.2, 0.25) is 0 Å². The maximum atomic E-state index is 7.50. The lowest BCUT2D eigenvalue weighted by atomic mass is 10.2. The molecule has 0 aliphatic heterocycles. The Morgan fingerprint density at radius 3 is 2.66 bits per heavy atom. The first-order valence-electron chi connectivity index (χ1n) is 10.2. The SMILES string of the molecule is Cc1cc(-c2ccco2)n(-c2ccc3c(c2)nc(CNc2ccc(C(=N)N)cc2)n3C)n1. The number of anilines is 1. The van der Waals surface area contributed by atoms with Crippen LogP contribution >= 0.6 is 0 Å². The molecule has 0 aliphatic rings. The number of rotatable bonds is 6. The quantitative estimate of drug-likeness (QED) is 0.279. The number of nitrogens with two attached hydrogens (primary N) is 1. The lowest BCUT2D eigenvalue weighted by molar-refractivity contribution is 0.577. The molecule has 3 heterocycles. The number of hydrogen-bond donors (Lipinski definition) is 3. The van der Waals surface area contributed by atoms with Crippen molar-refractivity contribution in [3.63, 3.8) is 0 Å². The molecular formula is C24H23N7O. The standard InChI is InChI=1S/C24H23N7O/c1-15-12-21(22-4-3-11-32-22)31(29-15)18-9-10-20-19(13-18)28-23(30(20)2)14-27-17-7-5-16(6-8-17)24(25)26/h3-13,27H,14H2,1-2H3,(H3,25,26). The Labute approximate surface area is 184 Å². The van der Waals surface area contributed by atoms with Gasteiger partial charge in [0.05, 0.1) is 35.2 Å². The van der Waals surface area contributed by atoms with Crippen molar-refractivity contribution in [2.45, 2.75) is 13.5 Å². The van der Waals surface area contributed by atoms with Crippen molar-refractivity contribution in [3.8, 4) is 17.1 Å². The van der Waals surface area contributed by atoms with Gasteiger partial charge < -0.3 is 20.0 Å². The molecule has 32 heavy (non-hydrogen) atoms. The summed E-state index contributed by atoms with van der Waals surface area (Å²) in [5.41, 5.74) is 11.8. The summed E-state index contributed by atoms with van der Waals surface area (Å²) < 4.78 is 9.56. The highest BCUT2D eigenvalue weighted by Gasteiger charge is 2.14. The number of amidine groups is 1. The van der Waals surface area contributed by atoms with Crippen molar-refractivity contribution >= 4 is 22.6 Å². The van der Waals surface area contributed by atoms with Crippen LogP contribution in [0.5, 0.6) is 0 Å². The third-order valence-corrected chi connectivity index (χ3v) is 5.45. The third kappa shape index (κ3) is 3.51. The van der Waals surface area contributed by atoms with Crippen LogP contribution in [-0.4, -0.2) is 25.2 Å². The minimum absolute atomic E-state index is 0.0604. The summed E-state index contributed by atoms with van der Waals surface area (Å²) in [4.78, 5) is 4.84. The van der Waals surface area contributed by atoms with Crippen LogP contribution in [0.3, 0.4) is 0 Å². The van der Waals surface area contributed by atoms with E-state index in [1.807, 2.05) is 73.3 Å². The molecule has 5 aromatic rings. The highest BCUT2D eigenvalue weighted by atomic mass is 16.3. The molecule has 0 bridgehead atoms. The zero-order valence-corrected chi connectivity index (χ0v) is 17.8. The van der Waals surface area contributed by atoms with E-state index in [4.69, 9.17) is 20.5 Å². The molecule has 0 amide bonds. The van der Waals surface area contributed by atoms with Gasteiger partial charge in [-0.25, -0.2) is 9.67 Å². The van der Waals surface area contributed by atoms with E-state index < -0.39 is 0 Å². The van der Waals surface area contributed by atoms with E-state index in [-0.39, 0.29) is 5.84 Å². The van der Waals surface area contributed by atoms with Gasteiger partial charge in [-0.2, -0.15) is 5.10 Å². The predicted molar refractivity (Wildman–Crippen MR) is 125 cm³/mol. The molecule has 0 atom stereocenters. The average Bonchev–Trinajstić information content (AvgIpc) is 3.52. The Balaban J connectivity index is 1.43. The van der Waals surface area contributed by atoms with Gasteiger partial charge in [0.25, 0.3) is 0 Å². The largest absolute Gasteiger partial charge is 0.463 e. The molecule has 4 N–H and O–H groups in total. The highest BCUT2D eigenvalue weighted by molar-refractivity contribution is 5.95. The number of nitrogens with zero attached hydrogens (tertiary/aromatic N) is 4. The number of furan rings is 1. The fourth-order valence-corrected chi connectivity index (χ4v) is 3.77. The number of aromatic nitrogens is 4. The average molecular weight is 425 g/mol. The molecule has 8 nitrogen and oxygen atoms in total. The molecule has 0 saturated heterocycles. The molecule has 0 radical (unpaired) electrons. The van der Waals surface area contributed by atoms with Crippen molar-refractivity contribution in [2.75, 3.05) is 5.32 Å². The van der Waals surface area contributed by atoms with E-state index >= 15 is 0 Å². The third-order valence-electron chi connectivity index (χ3n) is 5.45. The molecule has 3 aromatic heterocycles. The normalized spacial score (nSPS) is 11.2. The number of nitrogen functional groups attached to an aromatic ring is 1. The van der Waals surface area contributed by atoms with E-state index in [0.717, 1.165) is 45.4 Å². The fraction of sp³-hybridized carbons (Fsp3) is 0.125. The summed E-state index contributed by atoms with van der Waals surface area (Å²) in [6.07, 6.45) is 1.66. The summed E-state index contributed by atoms with van der Waals surface area (Å²) >= 11 is 0. The monoisotopic (exact) mass is 425 g/mol. The Hall–Kier alpha value is -4.33. The molecular weight excluding hydrogens is 402 g/mol. The minimum Gasteiger partial charge on any atom is -0.463 e.